The molecule has 3 heteroatoms. The van der Waals surface area contributed by atoms with Crippen LogP contribution in [0.3, 0.4) is 0 Å². The highest BCUT2D eigenvalue weighted by atomic mass is 16.2. The summed E-state index contributed by atoms with van der Waals surface area (Å²) in [6.07, 6.45) is 12.3. The normalized spacial score (nSPS) is 25.3. The van der Waals surface area contributed by atoms with Crippen molar-refractivity contribution in [1.82, 2.24) is 5.32 Å². The number of nitrogens with two attached hydrogens (primary N) is 1. The lowest BCUT2D eigenvalue weighted by Crippen LogP contribution is -2.44. The molecule has 1 amide bonds. The number of unbranched alkanes of at least 4 members (excludes halogenated alkanes) is 7. The van der Waals surface area contributed by atoms with Crippen molar-refractivity contribution in [2.75, 3.05) is 6.54 Å². The molecule has 0 saturated heterocycles. The quantitative estimate of drug-likeness (QED) is 0.564. The maximum Gasteiger partial charge on any atom is 0.240 e. The van der Waals surface area contributed by atoms with E-state index in [4.69, 9.17) is 5.73 Å². The number of rotatable bonds is 11. The van der Waals surface area contributed by atoms with Gasteiger partial charge in [-0.15, -0.1) is 0 Å². The largest absolute Gasteiger partial charge is 0.354 e. The molecule has 0 heterocycles. The van der Waals surface area contributed by atoms with Gasteiger partial charge >= 0.3 is 0 Å². The SMILES string of the molecule is CCCCCCCCCCNC(=O)[C@@]1(N)C[C@H]1CC. The van der Waals surface area contributed by atoms with Crippen molar-refractivity contribution in [3.63, 3.8) is 0 Å². The van der Waals surface area contributed by atoms with Gasteiger partial charge in [-0.25, -0.2) is 0 Å². The highest BCUT2D eigenvalue weighted by Crippen LogP contribution is 2.43. The maximum atomic E-state index is 11.9. The molecular weight excluding hydrogens is 236 g/mol. The lowest BCUT2D eigenvalue weighted by molar-refractivity contribution is -0.123. The van der Waals surface area contributed by atoms with Gasteiger partial charge in [0.05, 0.1) is 5.54 Å². The molecule has 1 fully saturated rings. The Morgan fingerprint density at radius 1 is 1.11 bits per heavy atom. The standard InChI is InChI=1S/C16H32N2O/c1-3-5-6-7-8-9-10-11-12-18-15(19)16(17)13-14(16)4-2/h14H,3-13,17H2,1-2H3,(H,18,19)/t14-,16-/m1/s1. The van der Waals surface area contributed by atoms with Crippen molar-refractivity contribution >= 4 is 5.91 Å². The van der Waals surface area contributed by atoms with E-state index in [2.05, 4.69) is 19.2 Å². The predicted molar refractivity (Wildman–Crippen MR) is 80.9 cm³/mol. The van der Waals surface area contributed by atoms with Crippen molar-refractivity contribution in [2.24, 2.45) is 11.7 Å². The van der Waals surface area contributed by atoms with Crippen molar-refractivity contribution in [2.45, 2.75) is 83.6 Å². The molecule has 0 aliphatic heterocycles. The van der Waals surface area contributed by atoms with Crippen LogP contribution in [0.25, 0.3) is 0 Å². The van der Waals surface area contributed by atoms with E-state index in [1.165, 1.54) is 44.9 Å². The van der Waals surface area contributed by atoms with Crippen molar-refractivity contribution in [3.8, 4) is 0 Å². The summed E-state index contributed by atoms with van der Waals surface area (Å²) in [7, 11) is 0. The zero-order valence-electron chi connectivity index (χ0n) is 12.8. The third kappa shape index (κ3) is 5.52. The average Bonchev–Trinajstić information content (AvgIpc) is 3.09. The minimum Gasteiger partial charge on any atom is -0.354 e. The zero-order valence-corrected chi connectivity index (χ0v) is 12.8. The molecule has 1 rings (SSSR count). The molecule has 19 heavy (non-hydrogen) atoms. The molecule has 0 radical (unpaired) electrons. The number of hydrogen-bond acceptors (Lipinski definition) is 2. The van der Waals surface area contributed by atoms with Crippen molar-refractivity contribution in [3.05, 3.63) is 0 Å². The molecule has 0 aromatic heterocycles. The summed E-state index contributed by atoms with van der Waals surface area (Å²) in [6.45, 7) is 5.14. The van der Waals surface area contributed by atoms with Crippen LogP contribution in [0.5, 0.6) is 0 Å². The number of carbonyl (C=O) groups excluding carboxylic acids is 1. The lowest BCUT2D eigenvalue weighted by atomic mass is 10.1. The molecule has 3 N–H and O–H groups in total. The van der Waals surface area contributed by atoms with E-state index < -0.39 is 5.54 Å². The summed E-state index contributed by atoms with van der Waals surface area (Å²) in [5, 5.41) is 3.00. The molecule has 112 valence electrons. The van der Waals surface area contributed by atoms with Crippen LogP contribution in [-0.2, 0) is 4.79 Å². The maximum absolute atomic E-state index is 11.9. The van der Waals surface area contributed by atoms with Gasteiger partial charge in [-0.1, -0.05) is 65.2 Å². The lowest BCUT2D eigenvalue weighted by Gasteiger charge is -2.11. The van der Waals surface area contributed by atoms with Gasteiger partial charge in [-0.05, 0) is 18.8 Å². The van der Waals surface area contributed by atoms with Crippen molar-refractivity contribution in [1.29, 1.82) is 0 Å². The Labute approximate surface area is 118 Å². The van der Waals surface area contributed by atoms with E-state index in [9.17, 15) is 4.79 Å². The van der Waals surface area contributed by atoms with Crippen LogP contribution in [0.15, 0.2) is 0 Å². The van der Waals surface area contributed by atoms with E-state index in [1.807, 2.05) is 0 Å². The van der Waals surface area contributed by atoms with Crippen LogP contribution >= 0.6 is 0 Å². The summed E-state index contributed by atoms with van der Waals surface area (Å²) >= 11 is 0. The van der Waals surface area contributed by atoms with Crippen LogP contribution in [0.2, 0.25) is 0 Å². The van der Waals surface area contributed by atoms with Gasteiger partial charge in [0.1, 0.15) is 0 Å². The topological polar surface area (TPSA) is 55.1 Å². The second-order valence-electron chi connectivity index (χ2n) is 6.08. The van der Waals surface area contributed by atoms with Gasteiger partial charge in [-0.2, -0.15) is 0 Å². The van der Waals surface area contributed by atoms with E-state index in [0.717, 1.165) is 25.8 Å². The Morgan fingerprint density at radius 2 is 1.68 bits per heavy atom. The van der Waals surface area contributed by atoms with Crippen LogP contribution in [-0.4, -0.2) is 18.0 Å². The molecule has 0 unspecified atom stereocenters. The molecule has 3 nitrogen and oxygen atoms in total. The molecule has 1 saturated carbocycles. The van der Waals surface area contributed by atoms with Gasteiger partial charge in [-0.3, -0.25) is 4.79 Å². The summed E-state index contributed by atoms with van der Waals surface area (Å²) in [5.41, 5.74) is 5.51. The summed E-state index contributed by atoms with van der Waals surface area (Å²) in [4.78, 5) is 11.9. The van der Waals surface area contributed by atoms with E-state index >= 15 is 0 Å². The first-order chi connectivity index (χ1) is 9.15. The molecule has 0 spiro atoms. The summed E-state index contributed by atoms with van der Waals surface area (Å²) in [5.74, 6) is 0.480. The summed E-state index contributed by atoms with van der Waals surface area (Å²) in [6, 6.07) is 0. The molecule has 2 atom stereocenters. The minimum absolute atomic E-state index is 0.0716. The van der Waals surface area contributed by atoms with Crippen LogP contribution in [0.4, 0.5) is 0 Å². The smallest absolute Gasteiger partial charge is 0.240 e. The first kappa shape index (κ1) is 16.5. The molecule has 0 aromatic carbocycles. The van der Waals surface area contributed by atoms with Gasteiger partial charge in [0.15, 0.2) is 0 Å². The van der Waals surface area contributed by atoms with Crippen LogP contribution in [0.1, 0.15) is 78.1 Å². The molecular formula is C16H32N2O. The fourth-order valence-electron chi connectivity index (χ4n) is 2.76. The number of carbonyl (C=O) groups is 1. The fourth-order valence-corrected chi connectivity index (χ4v) is 2.76. The van der Waals surface area contributed by atoms with E-state index in [0.29, 0.717) is 5.92 Å². The van der Waals surface area contributed by atoms with Gasteiger partial charge < -0.3 is 11.1 Å². The average molecular weight is 268 g/mol. The van der Waals surface area contributed by atoms with Crippen LogP contribution < -0.4 is 11.1 Å². The number of hydrogen-bond donors (Lipinski definition) is 2. The zero-order chi connectivity index (χ0) is 14.1. The first-order valence-electron chi connectivity index (χ1n) is 8.22. The Hall–Kier alpha value is -0.570. The van der Waals surface area contributed by atoms with Gasteiger partial charge in [0.25, 0.3) is 0 Å². The minimum atomic E-state index is -0.533. The second-order valence-corrected chi connectivity index (χ2v) is 6.08. The molecule has 0 bridgehead atoms. The summed E-state index contributed by atoms with van der Waals surface area (Å²) < 4.78 is 0. The third-order valence-electron chi connectivity index (χ3n) is 4.38. The Kier molecular flexibility index (Phi) is 7.44. The number of amides is 1. The number of nitrogens with one attached hydrogen (secondary N) is 1. The fraction of sp³-hybridized carbons (Fsp3) is 0.938. The van der Waals surface area contributed by atoms with Gasteiger partial charge in [0.2, 0.25) is 5.91 Å². The van der Waals surface area contributed by atoms with Gasteiger partial charge in [0, 0.05) is 6.54 Å². The molecule has 1 aliphatic rings. The van der Waals surface area contributed by atoms with E-state index in [1.54, 1.807) is 0 Å². The van der Waals surface area contributed by atoms with Crippen molar-refractivity contribution < 1.29 is 4.79 Å². The molecule has 1 aliphatic carbocycles. The Balaban J connectivity index is 1.90. The van der Waals surface area contributed by atoms with E-state index in [-0.39, 0.29) is 5.91 Å². The Morgan fingerprint density at radius 3 is 2.21 bits per heavy atom. The van der Waals surface area contributed by atoms with Crippen LogP contribution in [0, 0.1) is 5.92 Å². The first-order valence-corrected chi connectivity index (χ1v) is 8.22. The highest BCUT2D eigenvalue weighted by Gasteiger charge is 2.55. The Bertz CT molecular complexity index is 267. The second kappa shape index (κ2) is 8.57. The highest BCUT2D eigenvalue weighted by molar-refractivity contribution is 5.89. The molecule has 0 aromatic rings. The predicted octanol–water partition coefficient (Wildman–Crippen LogP) is 3.37. The monoisotopic (exact) mass is 268 g/mol. The third-order valence-corrected chi connectivity index (χ3v) is 4.38.